The van der Waals surface area contributed by atoms with E-state index in [1.807, 2.05) is 29.8 Å². The van der Waals surface area contributed by atoms with E-state index in [1.54, 1.807) is 18.6 Å². The number of aromatic nitrogens is 4. The highest BCUT2D eigenvalue weighted by atomic mass is 16.5. The van der Waals surface area contributed by atoms with Gasteiger partial charge < -0.3 is 20.5 Å². The van der Waals surface area contributed by atoms with Gasteiger partial charge in [-0.25, -0.2) is 9.78 Å². The second-order valence-electron chi connectivity index (χ2n) is 8.27. The number of ether oxygens (including phenoxy) is 1. The van der Waals surface area contributed by atoms with Crippen molar-refractivity contribution in [1.82, 2.24) is 24.6 Å². The van der Waals surface area contributed by atoms with E-state index in [9.17, 15) is 9.90 Å². The molecule has 160 valence electrons. The van der Waals surface area contributed by atoms with Crippen molar-refractivity contribution >= 4 is 11.9 Å². The van der Waals surface area contributed by atoms with Crippen LogP contribution in [0.15, 0.2) is 42.9 Å². The summed E-state index contributed by atoms with van der Waals surface area (Å²) in [6.45, 7) is 3.81. The molecule has 1 saturated heterocycles. The van der Waals surface area contributed by atoms with Crippen molar-refractivity contribution in [3.05, 3.63) is 54.1 Å². The van der Waals surface area contributed by atoms with Crippen LogP contribution in [0.1, 0.15) is 37.1 Å². The molecule has 9 nitrogen and oxygen atoms in total. The molecular formula is C22H24N6O3. The number of amides is 1. The number of pyridine rings is 2. The number of nitrogens with zero attached hydrogens (tertiary/aromatic N) is 5. The lowest BCUT2D eigenvalue weighted by molar-refractivity contribution is 0.153. The number of anilines is 1. The number of rotatable bonds is 4. The minimum absolute atomic E-state index is 0.153. The highest BCUT2D eigenvalue weighted by Crippen LogP contribution is 2.44. The van der Waals surface area contributed by atoms with Crippen molar-refractivity contribution in [2.75, 3.05) is 18.8 Å². The molecule has 1 fully saturated rings. The van der Waals surface area contributed by atoms with Gasteiger partial charge in [-0.2, -0.15) is 5.10 Å². The van der Waals surface area contributed by atoms with Gasteiger partial charge in [-0.3, -0.25) is 9.67 Å². The smallest absolute Gasteiger partial charge is 0.407 e. The standard InChI is InChI=1S/C22H24N6O3/c1-14(15-2-6-24-7-3-15)31-18-10-16(12-25-20(18)23)17-11-19-22(5-9-28(19)26-17)4-8-27(13-22)21(29)30/h2-3,6-7,10-12,14H,4-5,8-9,13H2,1H3,(H2,23,25)(H,29,30)/t14?,22-/m1/s1. The van der Waals surface area contributed by atoms with Crippen LogP contribution in [-0.4, -0.2) is 48.9 Å². The summed E-state index contributed by atoms with van der Waals surface area (Å²) in [7, 11) is 0. The van der Waals surface area contributed by atoms with Gasteiger partial charge in [-0.05, 0) is 49.6 Å². The highest BCUT2D eigenvalue weighted by molar-refractivity contribution is 5.67. The fraction of sp³-hybridized carbons (Fsp3) is 0.364. The Balaban J connectivity index is 1.42. The van der Waals surface area contributed by atoms with Crippen molar-refractivity contribution in [2.45, 2.75) is 37.8 Å². The van der Waals surface area contributed by atoms with Crippen molar-refractivity contribution in [1.29, 1.82) is 0 Å². The number of fused-ring (bicyclic) bond motifs is 2. The fourth-order valence-corrected chi connectivity index (χ4v) is 4.63. The summed E-state index contributed by atoms with van der Waals surface area (Å²) >= 11 is 0. The van der Waals surface area contributed by atoms with Crippen molar-refractivity contribution in [3.8, 4) is 17.0 Å². The molecule has 0 aliphatic carbocycles. The van der Waals surface area contributed by atoms with Crippen LogP contribution in [0.3, 0.4) is 0 Å². The first-order valence-corrected chi connectivity index (χ1v) is 10.3. The van der Waals surface area contributed by atoms with Gasteiger partial charge in [0.05, 0.1) is 5.69 Å². The molecule has 3 aromatic heterocycles. The first-order valence-electron chi connectivity index (χ1n) is 10.3. The van der Waals surface area contributed by atoms with Gasteiger partial charge in [0.15, 0.2) is 11.6 Å². The number of hydrogen-bond donors (Lipinski definition) is 2. The van der Waals surface area contributed by atoms with Crippen LogP contribution in [0, 0.1) is 0 Å². The van der Waals surface area contributed by atoms with Crippen molar-refractivity contribution < 1.29 is 14.6 Å². The van der Waals surface area contributed by atoms with E-state index in [1.165, 1.54) is 4.90 Å². The lowest BCUT2D eigenvalue weighted by Gasteiger charge is -2.22. The first kappa shape index (κ1) is 19.3. The third-order valence-electron chi connectivity index (χ3n) is 6.41. The number of likely N-dealkylation sites (tertiary alicyclic amines) is 1. The molecule has 1 amide bonds. The molecule has 2 atom stereocenters. The Bertz CT molecular complexity index is 1130. The SMILES string of the molecule is CC(Oc1cc(-c2cc3n(n2)CC[C@@]32CCN(C(=O)O)C2)cnc1N)c1ccncc1. The average molecular weight is 420 g/mol. The average Bonchev–Trinajstić information content (AvgIpc) is 3.47. The Hall–Kier alpha value is -3.62. The van der Waals surface area contributed by atoms with Crippen LogP contribution in [0.25, 0.3) is 11.3 Å². The Morgan fingerprint density at radius 1 is 1.26 bits per heavy atom. The van der Waals surface area contributed by atoms with Gasteiger partial charge in [-0.15, -0.1) is 0 Å². The maximum Gasteiger partial charge on any atom is 0.407 e. The van der Waals surface area contributed by atoms with Gasteiger partial charge in [0.25, 0.3) is 0 Å². The molecule has 5 heterocycles. The fourth-order valence-electron chi connectivity index (χ4n) is 4.63. The zero-order valence-electron chi connectivity index (χ0n) is 17.2. The van der Waals surface area contributed by atoms with Gasteiger partial charge in [-0.1, -0.05) is 0 Å². The van der Waals surface area contributed by atoms with Crippen LogP contribution in [0.4, 0.5) is 10.6 Å². The molecule has 1 unspecified atom stereocenters. The Morgan fingerprint density at radius 3 is 2.77 bits per heavy atom. The van der Waals surface area contributed by atoms with Crippen LogP contribution < -0.4 is 10.5 Å². The van der Waals surface area contributed by atoms with Crippen molar-refractivity contribution in [3.63, 3.8) is 0 Å². The predicted octanol–water partition coefficient (Wildman–Crippen LogP) is 3.09. The third kappa shape index (κ3) is 3.35. The number of aryl methyl sites for hydroxylation is 1. The van der Waals surface area contributed by atoms with Crippen molar-refractivity contribution in [2.24, 2.45) is 0 Å². The Kier molecular flexibility index (Phi) is 4.53. The summed E-state index contributed by atoms with van der Waals surface area (Å²) in [5.74, 6) is 0.823. The molecular weight excluding hydrogens is 396 g/mol. The van der Waals surface area contributed by atoms with Crippen LogP contribution in [-0.2, 0) is 12.0 Å². The van der Waals surface area contributed by atoms with Crippen LogP contribution in [0.5, 0.6) is 5.75 Å². The molecule has 2 aliphatic heterocycles. The zero-order valence-corrected chi connectivity index (χ0v) is 17.2. The van der Waals surface area contributed by atoms with Crippen LogP contribution >= 0.6 is 0 Å². The summed E-state index contributed by atoms with van der Waals surface area (Å²) in [6.07, 6.45) is 5.82. The van der Waals surface area contributed by atoms with Crippen LogP contribution in [0.2, 0.25) is 0 Å². The van der Waals surface area contributed by atoms with E-state index in [0.717, 1.165) is 41.9 Å². The first-order chi connectivity index (χ1) is 14.9. The quantitative estimate of drug-likeness (QED) is 0.665. The number of hydrogen-bond acceptors (Lipinski definition) is 6. The highest BCUT2D eigenvalue weighted by Gasteiger charge is 2.47. The number of nitrogens with two attached hydrogens (primary N) is 1. The second-order valence-corrected chi connectivity index (χ2v) is 8.27. The maximum absolute atomic E-state index is 11.4. The molecule has 0 aromatic carbocycles. The van der Waals surface area contributed by atoms with Gasteiger partial charge >= 0.3 is 6.09 Å². The molecule has 31 heavy (non-hydrogen) atoms. The lowest BCUT2D eigenvalue weighted by Crippen LogP contribution is -2.32. The number of carbonyl (C=O) groups is 1. The summed E-state index contributed by atoms with van der Waals surface area (Å²) < 4.78 is 8.08. The molecule has 9 heteroatoms. The molecule has 3 aromatic rings. The van der Waals surface area contributed by atoms with E-state index in [4.69, 9.17) is 15.6 Å². The Morgan fingerprint density at radius 2 is 2.03 bits per heavy atom. The predicted molar refractivity (Wildman–Crippen MR) is 114 cm³/mol. The molecule has 2 aliphatic rings. The largest absolute Gasteiger partial charge is 0.482 e. The normalized spacial score (nSPS) is 20.7. The minimum atomic E-state index is -0.858. The van der Waals surface area contributed by atoms with Gasteiger partial charge in [0, 0.05) is 54.9 Å². The molecule has 5 rings (SSSR count). The lowest BCUT2D eigenvalue weighted by atomic mass is 9.82. The molecule has 0 radical (unpaired) electrons. The zero-order chi connectivity index (χ0) is 21.6. The third-order valence-corrected chi connectivity index (χ3v) is 6.41. The molecule has 0 bridgehead atoms. The van der Waals surface area contributed by atoms with Gasteiger partial charge in [0.2, 0.25) is 0 Å². The molecule has 0 saturated carbocycles. The summed E-state index contributed by atoms with van der Waals surface area (Å²) in [6, 6.07) is 7.73. The monoisotopic (exact) mass is 420 g/mol. The minimum Gasteiger partial charge on any atom is -0.482 e. The summed E-state index contributed by atoms with van der Waals surface area (Å²) in [4.78, 5) is 21.3. The number of carboxylic acid groups (broad SMARTS) is 1. The maximum atomic E-state index is 11.4. The van der Waals surface area contributed by atoms with E-state index in [0.29, 0.717) is 24.7 Å². The molecule has 3 N–H and O–H groups in total. The van der Waals surface area contributed by atoms with E-state index < -0.39 is 6.09 Å². The summed E-state index contributed by atoms with van der Waals surface area (Å²) in [5.41, 5.74) is 9.61. The van der Waals surface area contributed by atoms with E-state index >= 15 is 0 Å². The van der Waals surface area contributed by atoms with E-state index in [-0.39, 0.29) is 11.5 Å². The van der Waals surface area contributed by atoms with E-state index in [2.05, 4.69) is 16.0 Å². The Labute approximate surface area is 179 Å². The summed E-state index contributed by atoms with van der Waals surface area (Å²) in [5, 5.41) is 14.1. The van der Waals surface area contributed by atoms with Gasteiger partial charge in [0.1, 0.15) is 6.10 Å². The number of nitrogen functional groups attached to an aromatic ring is 1. The molecule has 1 spiro atoms. The topological polar surface area (TPSA) is 119 Å². The second kappa shape index (κ2) is 7.26.